The number of anilines is 1. The fourth-order valence-electron chi connectivity index (χ4n) is 1.85. The normalized spacial score (nSPS) is 10.4. The number of aryl methyl sites for hydroxylation is 2. The first-order valence-corrected chi connectivity index (χ1v) is 8.05. The number of hydrogen-bond donors (Lipinski definition) is 2. The maximum Gasteiger partial charge on any atom is 0.348 e. The third-order valence-electron chi connectivity index (χ3n) is 2.70. The van der Waals surface area contributed by atoms with E-state index in [1.165, 1.54) is 11.8 Å². The number of carboxylic acids is 1. The number of amides is 1. The Morgan fingerprint density at radius 1 is 1.33 bits per heavy atom. The largest absolute Gasteiger partial charge is 0.477 e. The maximum atomic E-state index is 12.4. The van der Waals surface area contributed by atoms with Crippen LogP contribution in [0.2, 0.25) is 0 Å². The molecular weight excluding hydrogens is 310 g/mol. The zero-order valence-corrected chi connectivity index (χ0v) is 13.3. The molecule has 6 nitrogen and oxygen atoms in total. The zero-order valence-electron chi connectivity index (χ0n) is 11.6. The van der Waals surface area contributed by atoms with Gasteiger partial charge in [-0.1, -0.05) is 0 Å². The van der Waals surface area contributed by atoms with Crippen molar-refractivity contribution in [1.82, 2.24) is 9.97 Å². The Labute approximate surface area is 129 Å². The first kappa shape index (κ1) is 15.5. The zero-order chi connectivity index (χ0) is 15.6. The van der Waals surface area contributed by atoms with Crippen molar-refractivity contribution in [3.63, 3.8) is 0 Å². The Morgan fingerprint density at radius 2 is 2.05 bits per heavy atom. The van der Waals surface area contributed by atoms with Crippen molar-refractivity contribution >= 4 is 40.7 Å². The van der Waals surface area contributed by atoms with Gasteiger partial charge in [0.25, 0.3) is 5.91 Å². The summed E-state index contributed by atoms with van der Waals surface area (Å²) in [5.74, 6) is -0.879. The molecule has 21 heavy (non-hydrogen) atoms. The minimum Gasteiger partial charge on any atom is -0.477 e. The highest BCUT2D eigenvalue weighted by atomic mass is 32.2. The van der Waals surface area contributed by atoms with Crippen molar-refractivity contribution in [3.05, 3.63) is 33.4 Å². The lowest BCUT2D eigenvalue weighted by atomic mass is 10.2. The SMILES string of the molecule is CSc1nc(C)nc(C)c1C(=O)Nc1ccsc1C(=O)O. The standard InChI is InChI=1S/C13H13N3O3S2/c1-6-9(12(20-3)15-7(2)14-6)11(17)16-8-4-5-21-10(8)13(18)19/h4-5H,1-3H3,(H,16,17)(H,18,19). The van der Waals surface area contributed by atoms with E-state index in [1.54, 1.807) is 25.3 Å². The van der Waals surface area contributed by atoms with Gasteiger partial charge >= 0.3 is 5.97 Å². The number of aromatic nitrogens is 2. The molecule has 0 saturated carbocycles. The Hall–Kier alpha value is -1.93. The molecule has 0 aliphatic carbocycles. The lowest BCUT2D eigenvalue weighted by Gasteiger charge is -2.10. The van der Waals surface area contributed by atoms with Crippen LogP contribution in [0.3, 0.4) is 0 Å². The molecule has 1 amide bonds. The molecule has 8 heteroatoms. The van der Waals surface area contributed by atoms with Crippen molar-refractivity contribution in [2.45, 2.75) is 18.9 Å². The van der Waals surface area contributed by atoms with Gasteiger partial charge in [-0.15, -0.1) is 23.1 Å². The lowest BCUT2D eigenvalue weighted by molar-refractivity contribution is 0.0703. The van der Waals surface area contributed by atoms with E-state index in [0.29, 0.717) is 22.1 Å². The number of nitrogens with one attached hydrogen (secondary N) is 1. The summed E-state index contributed by atoms with van der Waals surface area (Å²) in [7, 11) is 0. The third kappa shape index (κ3) is 3.22. The minimum atomic E-state index is -1.07. The van der Waals surface area contributed by atoms with Crippen molar-refractivity contribution < 1.29 is 14.7 Å². The minimum absolute atomic E-state index is 0.0970. The van der Waals surface area contributed by atoms with E-state index in [0.717, 1.165) is 11.3 Å². The lowest BCUT2D eigenvalue weighted by Crippen LogP contribution is -2.17. The van der Waals surface area contributed by atoms with E-state index in [1.807, 2.05) is 6.26 Å². The van der Waals surface area contributed by atoms with E-state index in [-0.39, 0.29) is 10.6 Å². The average Bonchev–Trinajstić information content (AvgIpc) is 2.85. The summed E-state index contributed by atoms with van der Waals surface area (Å²) >= 11 is 2.41. The molecule has 2 rings (SSSR count). The van der Waals surface area contributed by atoms with Gasteiger partial charge in [0.1, 0.15) is 15.7 Å². The van der Waals surface area contributed by atoms with Gasteiger partial charge in [-0.05, 0) is 31.5 Å². The van der Waals surface area contributed by atoms with Crippen LogP contribution in [-0.2, 0) is 0 Å². The Kier molecular flexibility index (Phi) is 4.59. The highest BCUT2D eigenvalue weighted by Gasteiger charge is 2.20. The fraction of sp³-hybridized carbons (Fsp3) is 0.231. The molecule has 0 fully saturated rings. The monoisotopic (exact) mass is 323 g/mol. The number of rotatable bonds is 4. The number of thiophene rings is 1. The third-order valence-corrected chi connectivity index (χ3v) is 4.28. The Morgan fingerprint density at radius 3 is 2.67 bits per heavy atom. The summed E-state index contributed by atoms with van der Waals surface area (Å²) in [5.41, 5.74) is 1.22. The van der Waals surface area contributed by atoms with Crippen molar-refractivity contribution in [3.8, 4) is 0 Å². The molecule has 0 aliphatic heterocycles. The second-order valence-corrected chi connectivity index (χ2v) is 5.87. The highest BCUT2D eigenvalue weighted by Crippen LogP contribution is 2.25. The summed E-state index contributed by atoms with van der Waals surface area (Å²) in [6.45, 7) is 3.49. The second kappa shape index (κ2) is 6.23. The molecule has 0 unspecified atom stereocenters. The smallest absolute Gasteiger partial charge is 0.348 e. The topological polar surface area (TPSA) is 92.2 Å². The van der Waals surface area contributed by atoms with Gasteiger partial charge < -0.3 is 10.4 Å². The molecule has 0 aliphatic rings. The van der Waals surface area contributed by atoms with Crippen molar-refractivity contribution in [2.24, 2.45) is 0 Å². The van der Waals surface area contributed by atoms with Gasteiger partial charge in [-0.3, -0.25) is 4.79 Å². The second-order valence-electron chi connectivity index (χ2n) is 4.16. The number of carbonyl (C=O) groups is 2. The molecule has 0 saturated heterocycles. The van der Waals surface area contributed by atoms with Gasteiger partial charge in [-0.25, -0.2) is 14.8 Å². The predicted molar refractivity (Wildman–Crippen MR) is 82.5 cm³/mol. The number of carboxylic acid groups (broad SMARTS) is 1. The van der Waals surface area contributed by atoms with E-state index >= 15 is 0 Å². The van der Waals surface area contributed by atoms with Gasteiger partial charge in [0, 0.05) is 0 Å². The first-order valence-electron chi connectivity index (χ1n) is 5.95. The fourth-order valence-corrected chi connectivity index (χ4v) is 3.20. The summed E-state index contributed by atoms with van der Waals surface area (Å²) in [6.07, 6.45) is 1.82. The molecule has 0 radical (unpaired) electrons. The Balaban J connectivity index is 2.37. The summed E-state index contributed by atoms with van der Waals surface area (Å²) in [6, 6.07) is 1.56. The predicted octanol–water partition coefficient (Wildman–Crippen LogP) is 2.83. The molecule has 2 aromatic heterocycles. The first-order chi connectivity index (χ1) is 9.93. The van der Waals surface area contributed by atoms with Crippen LogP contribution >= 0.6 is 23.1 Å². The van der Waals surface area contributed by atoms with Crippen LogP contribution in [0.4, 0.5) is 5.69 Å². The van der Waals surface area contributed by atoms with Gasteiger partial charge in [0.15, 0.2) is 0 Å². The summed E-state index contributed by atoms with van der Waals surface area (Å²) in [5, 5.41) is 13.9. The molecule has 0 atom stereocenters. The number of aromatic carboxylic acids is 1. The van der Waals surface area contributed by atoms with Crippen LogP contribution in [0.15, 0.2) is 16.5 Å². The molecule has 2 heterocycles. The number of hydrogen-bond acceptors (Lipinski definition) is 6. The van der Waals surface area contributed by atoms with Crippen LogP contribution in [0.25, 0.3) is 0 Å². The van der Waals surface area contributed by atoms with E-state index < -0.39 is 11.9 Å². The van der Waals surface area contributed by atoms with Crippen LogP contribution in [0.5, 0.6) is 0 Å². The van der Waals surface area contributed by atoms with E-state index in [2.05, 4.69) is 15.3 Å². The quantitative estimate of drug-likeness (QED) is 0.664. The maximum absolute atomic E-state index is 12.4. The Bertz CT molecular complexity index is 713. The summed E-state index contributed by atoms with van der Waals surface area (Å²) in [4.78, 5) is 32.0. The van der Waals surface area contributed by atoms with Gasteiger partial charge in [0.05, 0.1) is 16.9 Å². The van der Waals surface area contributed by atoms with Gasteiger partial charge in [-0.2, -0.15) is 0 Å². The highest BCUT2D eigenvalue weighted by molar-refractivity contribution is 7.98. The van der Waals surface area contributed by atoms with Crippen LogP contribution in [-0.4, -0.2) is 33.2 Å². The van der Waals surface area contributed by atoms with E-state index in [4.69, 9.17) is 5.11 Å². The number of thioether (sulfide) groups is 1. The van der Waals surface area contributed by atoms with Crippen LogP contribution in [0, 0.1) is 13.8 Å². The number of nitrogens with zero attached hydrogens (tertiary/aromatic N) is 2. The van der Waals surface area contributed by atoms with Crippen molar-refractivity contribution in [1.29, 1.82) is 0 Å². The average molecular weight is 323 g/mol. The molecule has 2 N–H and O–H groups in total. The number of carbonyl (C=O) groups excluding carboxylic acids is 1. The van der Waals surface area contributed by atoms with Crippen molar-refractivity contribution in [2.75, 3.05) is 11.6 Å². The van der Waals surface area contributed by atoms with Gasteiger partial charge in [0.2, 0.25) is 0 Å². The molecule has 0 bridgehead atoms. The van der Waals surface area contributed by atoms with Crippen LogP contribution < -0.4 is 5.32 Å². The molecule has 0 aromatic carbocycles. The molecule has 0 spiro atoms. The molecular formula is C13H13N3O3S2. The molecule has 2 aromatic rings. The summed E-state index contributed by atoms with van der Waals surface area (Å²) < 4.78 is 0. The molecule has 110 valence electrons. The van der Waals surface area contributed by atoms with E-state index in [9.17, 15) is 9.59 Å². The van der Waals surface area contributed by atoms with Crippen LogP contribution in [0.1, 0.15) is 31.5 Å².